The molecule has 3 rings (SSSR count). The molecule has 0 aliphatic heterocycles. The molecule has 0 saturated heterocycles. The Morgan fingerprint density at radius 3 is 2.39 bits per heavy atom. The first-order valence-corrected chi connectivity index (χ1v) is 8.26. The summed E-state index contributed by atoms with van der Waals surface area (Å²) < 4.78 is 10.6. The lowest BCUT2D eigenvalue weighted by atomic mass is 9.67. The summed E-state index contributed by atoms with van der Waals surface area (Å²) >= 11 is 0. The molecule has 4 heteroatoms. The number of hydrogen-bond donors (Lipinski definition) is 1. The molecule has 0 amide bonds. The Bertz CT molecular complexity index is 640. The molecule has 0 aromatic carbocycles. The number of hydrogen-bond acceptors (Lipinski definition) is 4. The van der Waals surface area contributed by atoms with Crippen LogP contribution in [0.3, 0.4) is 0 Å². The Kier molecular flexibility index (Phi) is 3.90. The van der Waals surface area contributed by atoms with Crippen LogP contribution in [0.4, 0.5) is 0 Å². The van der Waals surface area contributed by atoms with Gasteiger partial charge in [-0.15, -0.1) is 0 Å². The quantitative estimate of drug-likeness (QED) is 0.792. The van der Waals surface area contributed by atoms with Gasteiger partial charge in [0.2, 0.25) is 0 Å². The first kappa shape index (κ1) is 16.6. The van der Waals surface area contributed by atoms with Gasteiger partial charge < -0.3 is 14.6 Å². The van der Waals surface area contributed by atoms with Crippen molar-refractivity contribution < 1.29 is 19.4 Å². The lowest BCUT2D eigenvalue weighted by Gasteiger charge is -2.39. The topological polar surface area (TPSA) is 55.8 Å². The molecule has 1 saturated carbocycles. The van der Waals surface area contributed by atoms with Gasteiger partial charge in [0.05, 0.1) is 0 Å². The predicted octanol–water partition coefficient (Wildman–Crippen LogP) is 3.07. The third kappa shape index (κ3) is 2.19. The Balaban J connectivity index is 1.97. The standard InChI is InChI=1S/C19H26O4/c1-11-10-14-16(13(11)6-7-15(22-4)23-5)12(2)19(8-9-19)18(3,21)17(14)20/h10,15,21H,6-9H2,1-5H3/t18-/m0/s1. The van der Waals surface area contributed by atoms with Crippen LogP contribution in [0.25, 0.3) is 0 Å². The highest BCUT2D eigenvalue weighted by molar-refractivity contribution is 6.10. The fourth-order valence-electron chi connectivity index (χ4n) is 4.33. The Morgan fingerprint density at radius 2 is 1.87 bits per heavy atom. The minimum absolute atomic E-state index is 0.125. The van der Waals surface area contributed by atoms with Crippen LogP contribution in [0.1, 0.15) is 46.5 Å². The van der Waals surface area contributed by atoms with E-state index in [4.69, 9.17) is 9.47 Å². The Labute approximate surface area is 137 Å². The summed E-state index contributed by atoms with van der Waals surface area (Å²) in [6.07, 6.45) is 5.02. The highest BCUT2D eigenvalue weighted by Gasteiger charge is 2.64. The summed E-state index contributed by atoms with van der Waals surface area (Å²) in [6, 6.07) is 0. The molecule has 0 heterocycles. The second-order valence-electron chi connectivity index (χ2n) is 7.14. The summed E-state index contributed by atoms with van der Waals surface area (Å²) in [5, 5.41) is 10.8. The summed E-state index contributed by atoms with van der Waals surface area (Å²) in [4.78, 5) is 12.8. The number of Topliss-reactive ketones (excluding diaryl/α,β-unsaturated/α-hetero) is 1. The van der Waals surface area contributed by atoms with E-state index in [-0.39, 0.29) is 17.5 Å². The van der Waals surface area contributed by atoms with Gasteiger partial charge in [-0.2, -0.15) is 0 Å². The lowest BCUT2D eigenvalue weighted by molar-refractivity contribution is -0.137. The molecule has 3 aliphatic rings. The maximum absolute atomic E-state index is 12.8. The van der Waals surface area contributed by atoms with E-state index in [1.165, 1.54) is 11.1 Å². The van der Waals surface area contributed by atoms with Crippen LogP contribution in [0.5, 0.6) is 0 Å². The number of ether oxygens (including phenoxy) is 2. The molecule has 23 heavy (non-hydrogen) atoms. The molecule has 1 spiro atoms. The highest BCUT2D eigenvalue weighted by Crippen LogP contribution is 2.65. The molecule has 0 bridgehead atoms. The Morgan fingerprint density at radius 1 is 1.26 bits per heavy atom. The van der Waals surface area contributed by atoms with Crippen molar-refractivity contribution in [3.63, 3.8) is 0 Å². The van der Waals surface area contributed by atoms with E-state index in [0.717, 1.165) is 36.8 Å². The number of methoxy groups -OCH3 is 2. The SMILES string of the molecule is COC(CCC1=C(C)C=C2C(=O)[C@](C)(O)C3(CC3)C(C)=C21)OC. The number of rotatable bonds is 5. The zero-order valence-electron chi connectivity index (χ0n) is 14.7. The first-order chi connectivity index (χ1) is 10.8. The lowest BCUT2D eigenvalue weighted by Crippen LogP contribution is -2.49. The van der Waals surface area contributed by atoms with Gasteiger partial charge in [-0.1, -0.05) is 5.57 Å². The van der Waals surface area contributed by atoms with Crippen molar-refractivity contribution in [3.8, 4) is 0 Å². The van der Waals surface area contributed by atoms with Gasteiger partial charge in [0.1, 0.15) is 5.60 Å². The number of aliphatic hydroxyl groups is 1. The second-order valence-corrected chi connectivity index (χ2v) is 7.14. The fraction of sp³-hybridized carbons (Fsp3) is 0.632. The summed E-state index contributed by atoms with van der Waals surface area (Å²) in [6.45, 7) is 5.81. The molecular formula is C19H26O4. The molecule has 0 unspecified atom stereocenters. The molecule has 0 aromatic heterocycles. The van der Waals surface area contributed by atoms with E-state index in [1.54, 1.807) is 21.1 Å². The van der Waals surface area contributed by atoms with Crippen LogP contribution in [0, 0.1) is 5.41 Å². The highest BCUT2D eigenvalue weighted by atomic mass is 16.7. The van der Waals surface area contributed by atoms with E-state index >= 15 is 0 Å². The van der Waals surface area contributed by atoms with E-state index < -0.39 is 5.60 Å². The largest absolute Gasteiger partial charge is 0.381 e. The number of allylic oxidation sites excluding steroid dienone is 4. The maximum atomic E-state index is 12.8. The van der Waals surface area contributed by atoms with Crippen LogP contribution < -0.4 is 0 Å². The van der Waals surface area contributed by atoms with Gasteiger partial charge >= 0.3 is 0 Å². The molecular weight excluding hydrogens is 292 g/mol. The van der Waals surface area contributed by atoms with E-state index in [0.29, 0.717) is 5.57 Å². The first-order valence-electron chi connectivity index (χ1n) is 8.26. The average Bonchev–Trinajstić information content (AvgIpc) is 3.27. The third-order valence-electron chi connectivity index (χ3n) is 6.03. The van der Waals surface area contributed by atoms with Gasteiger partial charge in [-0.3, -0.25) is 4.79 Å². The van der Waals surface area contributed by atoms with Crippen LogP contribution in [0.15, 0.2) is 33.9 Å². The molecule has 1 N–H and O–H groups in total. The van der Waals surface area contributed by atoms with Crippen molar-refractivity contribution in [2.45, 2.75) is 58.3 Å². The predicted molar refractivity (Wildman–Crippen MR) is 87.8 cm³/mol. The molecule has 4 nitrogen and oxygen atoms in total. The zero-order valence-corrected chi connectivity index (χ0v) is 14.7. The van der Waals surface area contributed by atoms with E-state index in [9.17, 15) is 9.90 Å². The summed E-state index contributed by atoms with van der Waals surface area (Å²) in [5.41, 5.74) is 3.62. The second kappa shape index (κ2) is 5.40. The van der Waals surface area contributed by atoms with Crippen LogP contribution in [-0.2, 0) is 14.3 Å². The number of carbonyl (C=O) groups excluding carboxylic acids is 1. The van der Waals surface area contributed by atoms with E-state index in [2.05, 4.69) is 6.92 Å². The molecule has 0 radical (unpaired) electrons. The van der Waals surface area contributed by atoms with E-state index in [1.807, 2.05) is 13.0 Å². The molecule has 126 valence electrons. The van der Waals surface area contributed by atoms with Crippen LogP contribution in [-0.4, -0.2) is 37.0 Å². The average molecular weight is 318 g/mol. The Hall–Kier alpha value is -1.23. The number of fused-ring (bicyclic) bond motifs is 1. The molecule has 1 atom stereocenters. The van der Waals surface area contributed by atoms with Crippen molar-refractivity contribution in [3.05, 3.63) is 33.9 Å². The minimum Gasteiger partial charge on any atom is -0.381 e. The molecule has 0 aromatic rings. The van der Waals surface area contributed by atoms with Crippen molar-refractivity contribution in [2.24, 2.45) is 5.41 Å². The van der Waals surface area contributed by atoms with Gasteiger partial charge in [-0.05, 0) is 62.8 Å². The normalized spacial score (nSPS) is 28.8. The third-order valence-corrected chi connectivity index (χ3v) is 6.03. The van der Waals surface area contributed by atoms with Crippen molar-refractivity contribution in [1.82, 2.24) is 0 Å². The van der Waals surface area contributed by atoms with Crippen molar-refractivity contribution in [2.75, 3.05) is 14.2 Å². The van der Waals surface area contributed by atoms with Gasteiger partial charge in [0, 0.05) is 31.6 Å². The molecule has 1 fully saturated rings. The summed E-state index contributed by atoms with van der Waals surface area (Å²) in [5.74, 6) is -0.125. The smallest absolute Gasteiger partial charge is 0.195 e. The van der Waals surface area contributed by atoms with Gasteiger partial charge in [0.25, 0.3) is 0 Å². The fourth-order valence-corrected chi connectivity index (χ4v) is 4.33. The summed E-state index contributed by atoms with van der Waals surface area (Å²) in [7, 11) is 3.28. The van der Waals surface area contributed by atoms with Crippen molar-refractivity contribution in [1.29, 1.82) is 0 Å². The van der Waals surface area contributed by atoms with Crippen molar-refractivity contribution >= 4 is 5.78 Å². The van der Waals surface area contributed by atoms with Crippen LogP contribution in [0.2, 0.25) is 0 Å². The van der Waals surface area contributed by atoms with Gasteiger partial charge in [0.15, 0.2) is 12.1 Å². The molecule has 3 aliphatic carbocycles. The minimum atomic E-state index is -1.27. The number of carbonyl (C=O) groups is 1. The number of ketones is 1. The van der Waals surface area contributed by atoms with Gasteiger partial charge in [-0.25, -0.2) is 0 Å². The zero-order chi connectivity index (χ0) is 17.0. The van der Waals surface area contributed by atoms with Crippen LogP contribution >= 0.6 is 0 Å². The monoisotopic (exact) mass is 318 g/mol. The maximum Gasteiger partial charge on any atom is 0.195 e.